The van der Waals surface area contributed by atoms with E-state index >= 15 is 0 Å². The van der Waals surface area contributed by atoms with Gasteiger partial charge in [-0.05, 0) is 36.8 Å². The van der Waals surface area contributed by atoms with E-state index in [9.17, 15) is 4.79 Å². The molecule has 25 heavy (non-hydrogen) atoms. The smallest absolute Gasteiger partial charge is 0.310 e. The number of esters is 1. The van der Waals surface area contributed by atoms with Crippen molar-refractivity contribution in [3.05, 3.63) is 65.2 Å². The summed E-state index contributed by atoms with van der Waals surface area (Å²) < 4.78 is 6.62. The molecule has 3 aromatic rings. The Kier molecular flexibility index (Phi) is 5.05. The third-order valence-corrected chi connectivity index (χ3v) is 3.96. The van der Waals surface area contributed by atoms with Gasteiger partial charge in [0, 0.05) is 16.7 Å². The van der Waals surface area contributed by atoms with Gasteiger partial charge >= 0.3 is 5.97 Å². The molecule has 6 heteroatoms. The van der Waals surface area contributed by atoms with Gasteiger partial charge in [-0.25, -0.2) is 4.68 Å². The first-order valence-electron chi connectivity index (χ1n) is 7.93. The van der Waals surface area contributed by atoms with Crippen molar-refractivity contribution in [2.45, 2.75) is 13.3 Å². The predicted molar refractivity (Wildman–Crippen MR) is 98.8 cm³/mol. The first-order chi connectivity index (χ1) is 12.1. The molecule has 0 bridgehead atoms. The fourth-order valence-corrected chi connectivity index (χ4v) is 2.62. The SMILES string of the molecule is CCOC(=O)Cc1ccc(-n2nc(-c3ccc(Cl)cc3)cc2N)cc1. The Morgan fingerprint density at radius 2 is 1.84 bits per heavy atom. The first kappa shape index (κ1) is 17.0. The third-order valence-electron chi connectivity index (χ3n) is 3.71. The highest BCUT2D eigenvalue weighted by atomic mass is 35.5. The molecule has 0 radical (unpaired) electrons. The summed E-state index contributed by atoms with van der Waals surface area (Å²) in [5.74, 6) is 0.293. The van der Waals surface area contributed by atoms with Crippen molar-refractivity contribution in [1.29, 1.82) is 0 Å². The molecule has 2 N–H and O–H groups in total. The van der Waals surface area contributed by atoms with Gasteiger partial charge in [-0.15, -0.1) is 0 Å². The monoisotopic (exact) mass is 355 g/mol. The van der Waals surface area contributed by atoms with E-state index in [0.717, 1.165) is 22.5 Å². The van der Waals surface area contributed by atoms with Crippen LogP contribution in [0.25, 0.3) is 16.9 Å². The number of nitrogen functional groups attached to an aromatic ring is 1. The summed E-state index contributed by atoms with van der Waals surface area (Å²) in [4.78, 5) is 11.5. The van der Waals surface area contributed by atoms with Gasteiger partial charge in [-0.2, -0.15) is 5.10 Å². The first-order valence-corrected chi connectivity index (χ1v) is 8.31. The Hall–Kier alpha value is -2.79. The molecule has 0 amide bonds. The average molecular weight is 356 g/mol. The predicted octanol–water partition coefficient (Wildman–Crippen LogP) is 3.88. The van der Waals surface area contributed by atoms with Crippen LogP contribution < -0.4 is 5.73 Å². The average Bonchev–Trinajstić information content (AvgIpc) is 2.98. The zero-order valence-electron chi connectivity index (χ0n) is 13.8. The van der Waals surface area contributed by atoms with Crippen LogP contribution in [0.2, 0.25) is 5.02 Å². The van der Waals surface area contributed by atoms with Crippen LogP contribution in [0.4, 0.5) is 5.82 Å². The second-order valence-corrected chi connectivity index (χ2v) is 5.96. The minimum atomic E-state index is -0.237. The number of carbonyl (C=O) groups excluding carboxylic acids is 1. The lowest BCUT2D eigenvalue weighted by atomic mass is 10.1. The summed E-state index contributed by atoms with van der Waals surface area (Å²) in [6.07, 6.45) is 0.249. The zero-order chi connectivity index (χ0) is 17.8. The molecule has 5 nitrogen and oxygen atoms in total. The van der Waals surface area contributed by atoms with Crippen molar-refractivity contribution in [2.75, 3.05) is 12.3 Å². The Balaban J connectivity index is 1.82. The van der Waals surface area contributed by atoms with Crippen LogP contribution in [-0.2, 0) is 16.0 Å². The minimum Gasteiger partial charge on any atom is -0.466 e. The van der Waals surface area contributed by atoms with Crippen LogP contribution in [0, 0.1) is 0 Å². The second kappa shape index (κ2) is 7.40. The molecule has 0 saturated carbocycles. The molecule has 1 aromatic heterocycles. The maximum absolute atomic E-state index is 11.5. The molecule has 0 atom stereocenters. The minimum absolute atomic E-state index is 0.237. The van der Waals surface area contributed by atoms with Crippen LogP contribution >= 0.6 is 11.6 Å². The molecule has 0 aliphatic carbocycles. The van der Waals surface area contributed by atoms with Crippen LogP contribution in [-0.4, -0.2) is 22.4 Å². The molecule has 0 saturated heterocycles. The topological polar surface area (TPSA) is 70.1 Å². The molecule has 0 unspecified atom stereocenters. The number of benzene rings is 2. The Morgan fingerprint density at radius 1 is 1.16 bits per heavy atom. The van der Waals surface area contributed by atoms with Gasteiger partial charge in [0.05, 0.1) is 24.4 Å². The number of nitrogens with two attached hydrogens (primary N) is 1. The molecule has 1 heterocycles. The summed E-state index contributed by atoms with van der Waals surface area (Å²) in [6.45, 7) is 2.17. The van der Waals surface area contributed by atoms with Crippen LogP contribution in [0.5, 0.6) is 0 Å². The number of anilines is 1. The highest BCUT2D eigenvalue weighted by molar-refractivity contribution is 6.30. The van der Waals surface area contributed by atoms with Crippen LogP contribution in [0.1, 0.15) is 12.5 Å². The molecule has 2 aromatic carbocycles. The number of halogens is 1. The quantitative estimate of drug-likeness (QED) is 0.705. The summed E-state index contributed by atoms with van der Waals surface area (Å²) >= 11 is 5.92. The van der Waals surface area contributed by atoms with E-state index in [1.165, 1.54) is 0 Å². The van der Waals surface area contributed by atoms with Crippen LogP contribution in [0.3, 0.4) is 0 Å². The molecule has 0 spiro atoms. The maximum Gasteiger partial charge on any atom is 0.310 e. The van der Waals surface area contributed by atoms with Gasteiger partial charge < -0.3 is 10.5 Å². The van der Waals surface area contributed by atoms with Gasteiger partial charge in [0.1, 0.15) is 5.82 Å². The van der Waals surface area contributed by atoms with Gasteiger partial charge in [0.2, 0.25) is 0 Å². The van der Waals surface area contributed by atoms with Crippen molar-refractivity contribution < 1.29 is 9.53 Å². The fraction of sp³-hybridized carbons (Fsp3) is 0.158. The van der Waals surface area contributed by atoms with Gasteiger partial charge in [0.25, 0.3) is 0 Å². The van der Waals surface area contributed by atoms with Gasteiger partial charge in [-0.3, -0.25) is 4.79 Å². The van der Waals surface area contributed by atoms with Crippen molar-refractivity contribution >= 4 is 23.4 Å². The largest absolute Gasteiger partial charge is 0.466 e. The normalized spacial score (nSPS) is 10.6. The standard InChI is InChI=1S/C19H18ClN3O2/c1-2-25-19(24)11-13-3-9-16(10-4-13)23-18(21)12-17(22-23)14-5-7-15(20)8-6-14/h3-10,12H,2,11,21H2,1H3. The van der Waals surface area contributed by atoms with Gasteiger partial charge in [-0.1, -0.05) is 35.9 Å². The number of hydrogen-bond acceptors (Lipinski definition) is 4. The summed E-state index contributed by atoms with van der Waals surface area (Å²) in [5, 5.41) is 5.23. The van der Waals surface area contributed by atoms with E-state index in [2.05, 4.69) is 5.10 Å². The molecule has 0 fully saturated rings. The van der Waals surface area contributed by atoms with E-state index in [0.29, 0.717) is 17.4 Å². The Labute approximate surface area is 151 Å². The van der Waals surface area contributed by atoms with Crippen molar-refractivity contribution in [3.8, 4) is 16.9 Å². The van der Waals surface area contributed by atoms with E-state index in [1.807, 2.05) is 54.6 Å². The van der Waals surface area contributed by atoms with E-state index in [-0.39, 0.29) is 12.4 Å². The van der Waals surface area contributed by atoms with Gasteiger partial charge in [0.15, 0.2) is 0 Å². The molecule has 3 rings (SSSR count). The highest BCUT2D eigenvalue weighted by Gasteiger charge is 2.10. The maximum atomic E-state index is 11.5. The number of hydrogen-bond donors (Lipinski definition) is 1. The number of ether oxygens (including phenoxy) is 1. The summed E-state index contributed by atoms with van der Waals surface area (Å²) in [6, 6.07) is 16.7. The summed E-state index contributed by atoms with van der Waals surface area (Å²) in [5.41, 5.74) is 9.51. The molecular weight excluding hydrogens is 338 g/mol. The number of nitrogens with zero attached hydrogens (tertiary/aromatic N) is 2. The number of rotatable bonds is 5. The van der Waals surface area contributed by atoms with E-state index < -0.39 is 0 Å². The van der Waals surface area contributed by atoms with Crippen molar-refractivity contribution in [1.82, 2.24) is 9.78 Å². The lowest BCUT2D eigenvalue weighted by molar-refractivity contribution is -0.142. The molecule has 0 aliphatic rings. The molecule has 128 valence electrons. The lowest BCUT2D eigenvalue weighted by Gasteiger charge is -2.06. The number of carbonyl (C=O) groups is 1. The second-order valence-electron chi connectivity index (χ2n) is 5.52. The molecular formula is C19H18ClN3O2. The summed E-state index contributed by atoms with van der Waals surface area (Å²) in [7, 11) is 0. The third kappa shape index (κ3) is 4.00. The molecule has 0 aliphatic heterocycles. The lowest BCUT2D eigenvalue weighted by Crippen LogP contribution is -2.07. The Bertz CT molecular complexity index is 871. The van der Waals surface area contributed by atoms with Crippen molar-refractivity contribution in [3.63, 3.8) is 0 Å². The fourth-order valence-electron chi connectivity index (χ4n) is 2.50. The van der Waals surface area contributed by atoms with Crippen LogP contribution in [0.15, 0.2) is 54.6 Å². The number of aromatic nitrogens is 2. The highest BCUT2D eigenvalue weighted by Crippen LogP contribution is 2.24. The zero-order valence-corrected chi connectivity index (χ0v) is 14.5. The van der Waals surface area contributed by atoms with E-state index in [4.69, 9.17) is 22.1 Å². The van der Waals surface area contributed by atoms with Crippen molar-refractivity contribution in [2.24, 2.45) is 0 Å². The Morgan fingerprint density at radius 3 is 2.48 bits per heavy atom. The van der Waals surface area contributed by atoms with E-state index in [1.54, 1.807) is 11.6 Å².